The minimum atomic E-state index is -4.67. The highest BCUT2D eigenvalue weighted by Crippen LogP contribution is 2.33. The first kappa shape index (κ1) is 15.4. The molecule has 1 aromatic carbocycles. The van der Waals surface area contributed by atoms with Gasteiger partial charge in [-0.3, -0.25) is 14.9 Å². The monoisotopic (exact) mass is 340 g/mol. The van der Waals surface area contributed by atoms with E-state index in [9.17, 15) is 28.1 Å². The number of carbonyl (C=O) groups is 1. The van der Waals surface area contributed by atoms with E-state index in [1.54, 1.807) is 0 Å². The standard InChI is InChI=1S/C10H8BrF3N2O3/c11-7(9(15)17)3-5-1-2-6(10(12,13)14)4-8(5)16(18)19/h1-2,4,7H,3H2,(H2,15,17). The van der Waals surface area contributed by atoms with E-state index < -0.39 is 33.1 Å². The van der Waals surface area contributed by atoms with E-state index in [-0.39, 0.29) is 12.0 Å². The lowest BCUT2D eigenvalue weighted by Gasteiger charge is -2.10. The summed E-state index contributed by atoms with van der Waals surface area (Å²) in [6.45, 7) is 0. The largest absolute Gasteiger partial charge is 0.416 e. The van der Waals surface area contributed by atoms with Crippen molar-refractivity contribution in [1.29, 1.82) is 0 Å². The number of nitrogens with zero attached hydrogens (tertiary/aromatic N) is 1. The van der Waals surface area contributed by atoms with Gasteiger partial charge in [-0.2, -0.15) is 13.2 Å². The zero-order valence-electron chi connectivity index (χ0n) is 9.28. The maximum atomic E-state index is 12.4. The molecule has 0 aliphatic heterocycles. The summed E-state index contributed by atoms with van der Waals surface area (Å²) in [5, 5.41) is 10.8. The predicted molar refractivity (Wildman–Crippen MR) is 63.7 cm³/mol. The summed E-state index contributed by atoms with van der Waals surface area (Å²) in [7, 11) is 0. The van der Waals surface area contributed by atoms with E-state index in [2.05, 4.69) is 15.9 Å². The van der Waals surface area contributed by atoms with Gasteiger partial charge >= 0.3 is 6.18 Å². The molecule has 1 atom stereocenters. The lowest BCUT2D eigenvalue weighted by molar-refractivity contribution is -0.385. The quantitative estimate of drug-likeness (QED) is 0.518. The average Bonchev–Trinajstić information content (AvgIpc) is 2.27. The summed E-state index contributed by atoms with van der Waals surface area (Å²) in [6, 6.07) is 2.14. The van der Waals surface area contributed by atoms with E-state index in [1.165, 1.54) is 0 Å². The van der Waals surface area contributed by atoms with Crippen molar-refractivity contribution in [2.45, 2.75) is 17.4 Å². The number of halogens is 4. The second kappa shape index (κ2) is 5.55. The van der Waals surface area contributed by atoms with Gasteiger partial charge in [0, 0.05) is 18.1 Å². The van der Waals surface area contributed by atoms with Crippen molar-refractivity contribution < 1.29 is 22.9 Å². The number of amides is 1. The molecule has 0 saturated carbocycles. The van der Waals surface area contributed by atoms with Crippen LogP contribution in [0.2, 0.25) is 0 Å². The van der Waals surface area contributed by atoms with E-state index in [4.69, 9.17) is 5.73 Å². The fraction of sp³-hybridized carbons (Fsp3) is 0.300. The summed E-state index contributed by atoms with van der Waals surface area (Å²) in [4.78, 5) is 19.8. The highest BCUT2D eigenvalue weighted by Gasteiger charge is 2.33. The SMILES string of the molecule is NC(=O)C(Br)Cc1ccc(C(F)(F)F)cc1[N+](=O)[O-]. The van der Waals surface area contributed by atoms with Gasteiger partial charge in [0.15, 0.2) is 0 Å². The first-order valence-corrected chi connectivity index (χ1v) is 5.82. The number of rotatable bonds is 4. The van der Waals surface area contributed by atoms with Crippen molar-refractivity contribution in [3.63, 3.8) is 0 Å². The summed E-state index contributed by atoms with van der Waals surface area (Å²) >= 11 is 2.90. The van der Waals surface area contributed by atoms with Gasteiger partial charge in [-0.25, -0.2) is 0 Å². The number of alkyl halides is 4. The van der Waals surface area contributed by atoms with Crippen LogP contribution < -0.4 is 5.73 Å². The molecule has 1 amide bonds. The Morgan fingerprint density at radius 2 is 2.05 bits per heavy atom. The van der Waals surface area contributed by atoms with Crippen LogP contribution in [0.3, 0.4) is 0 Å². The molecule has 1 rings (SSSR count). The van der Waals surface area contributed by atoms with Gasteiger partial charge in [-0.1, -0.05) is 22.0 Å². The molecule has 0 aliphatic carbocycles. The Morgan fingerprint density at radius 1 is 1.47 bits per heavy atom. The average molecular weight is 341 g/mol. The topological polar surface area (TPSA) is 86.2 Å². The molecular formula is C10H8BrF3N2O3. The van der Waals surface area contributed by atoms with Crippen molar-refractivity contribution in [3.05, 3.63) is 39.4 Å². The number of hydrogen-bond donors (Lipinski definition) is 1. The molecular weight excluding hydrogens is 333 g/mol. The molecule has 0 radical (unpaired) electrons. The minimum Gasteiger partial charge on any atom is -0.369 e. The second-order valence-corrected chi connectivity index (χ2v) is 4.78. The van der Waals surface area contributed by atoms with Crippen LogP contribution in [0.25, 0.3) is 0 Å². The van der Waals surface area contributed by atoms with Crippen LogP contribution in [0.1, 0.15) is 11.1 Å². The van der Waals surface area contributed by atoms with Crippen LogP contribution in [-0.4, -0.2) is 15.7 Å². The van der Waals surface area contributed by atoms with Crippen molar-refractivity contribution in [2.75, 3.05) is 0 Å². The smallest absolute Gasteiger partial charge is 0.369 e. The van der Waals surface area contributed by atoms with Gasteiger partial charge in [0.25, 0.3) is 5.69 Å². The molecule has 2 N–H and O–H groups in total. The van der Waals surface area contributed by atoms with Crippen molar-refractivity contribution in [3.8, 4) is 0 Å². The molecule has 1 unspecified atom stereocenters. The lowest BCUT2D eigenvalue weighted by Crippen LogP contribution is -2.25. The Balaban J connectivity index is 3.19. The van der Waals surface area contributed by atoms with Gasteiger partial charge in [-0.05, 0) is 6.07 Å². The number of nitro benzene ring substituents is 1. The first-order valence-electron chi connectivity index (χ1n) is 4.91. The van der Waals surface area contributed by atoms with E-state index >= 15 is 0 Å². The number of primary amides is 1. The van der Waals surface area contributed by atoms with Crippen LogP contribution >= 0.6 is 15.9 Å². The number of benzene rings is 1. The van der Waals surface area contributed by atoms with Gasteiger partial charge < -0.3 is 5.73 Å². The Morgan fingerprint density at radius 3 is 2.47 bits per heavy atom. The number of nitro groups is 1. The molecule has 0 bridgehead atoms. The van der Waals surface area contributed by atoms with Gasteiger partial charge in [-0.15, -0.1) is 0 Å². The summed E-state index contributed by atoms with van der Waals surface area (Å²) in [6.07, 6.45) is -4.83. The zero-order valence-corrected chi connectivity index (χ0v) is 10.9. The number of carbonyl (C=O) groups excluding carboxylic acids is 1. The summed E-state index contributed by atoms with van der Waals surface area (Å²) < 4.78 is 37.3. The summed E-state index contributed by atoms with van der Waals surface area (Å²) in [5.41, 5.74) is 3.16. The molecule has 1 aromatic rings. The van der Waals surface area contributed by atoms with Crippen molar-refractivity contribution in [1.82, 2.24) is 0 Å². The lowest BCUT2D eigenvalue weighted by atomic mass is 10.0. The maximum absolute atomic E-state index is 12.4. The third-order valence-corrected chi connectivity index (χ3v) is 3.09. The number of hydrogen-bond acceptors (Lipinski definition) is 3. The highest BCUT2D eigenvalue weighted by molar-refractivity contribution is 9.10. The van der Waals surface area contributed by atoms with Crippen LogP contribution in [0, 0.1) is 10.1 Å². The van der Waals surface area contributed by atoms with Crippen molar-refractivity contribution in [2.24, 2.45) is 5.73 Å². The maximum Gasteiger partial charge on any atom is 0.416 e. The molecule has 5 nitrogen and oxygen atoms in total. The number of nitrogens with two attached hydrogens (primary N) is 1. The first-order chi connectivity index (χ1) is 8.62. The molecule has 104 valence electrons. The Bertz CT molecular complexity index is 519. The Hall–Kier alpha value is -1.64. The van der Waals surface area contributed by atoms with Gasteiger partial charge in [0.1, 0.15) is 0 Å². The molecule has 0 spiro atoms. The molecule has 9 heteroatoms. The summed E-state index contributed by atoms with van der Waals surface area (Å²) in [5.74, 6) is -0.755. The minimum absolute atomic E-state index is 0.00123. The fourth-order valence-electron chi connectivity index (χ4n) is 1.38. The van der Waals surface area contributed by atoms with E-state index in [1.807, 2.05) is 0 Å². The Labute approximate surface area is 113 Å². The molecule has 19 heavy (non-hydrogen) atoms. The van der Waals surface area contributed by atoms with Gasteiger partial charge in [0.05, 0.1) is 15.3 Å². The molecule has 0 fully saturated rings. The molecule has 0 aliphatic rings. The predicted octanol–water partition coefficient (Wildman–Crippen LogP) is 2.40. The highest BCUT2D eigenvalue weighted by atomic mass is 79.9. The third kappa shape index (κ3) is 3.91. The van der Waals surface area contributed by atoms with Gasteiger partial charge in [0.2, 0.25) is 5.91 Å². The van der Waals surface area contributed by atoms with Crippen molar-refractivity contribution >= 4 is 27.5 Å². The van der Waals surface area contributed by atoms with E-state index in [0.29, 0.717) is 6.07 Å². The third-order valence-electron chi connectivity index (χ3n) is 2.32. The van der Waals surface area contributed by atoms with Crippen LogP contribution in [-0.2, 0) is 17.4 Å². The second-order valence-electron chi connectivity index (χ2n) is 3.67. The van der Waals surface area contributed by atoms with Crippen LogP contribution in [0.4, 0.5) is 18.9 Å². The van der Waals surface area contributed by atoms with Crippen LogP contribution in [0.15, 0.2) is 18.2 Å². The van der Waals surface area contributed by atoms with E-state index in [0.717, 1.165) is 12.1 Å². The zero-order chi connectivity index (χ0) is 14.8. The fourth-order valence-corrected chi connectivity index (χ4v) is 1.73. The molecule has 0 saturated heterocycles. The molecule has 0 aromatic heterocycles. The normalized spacial score (nSPS) is 13.1. The van der Waals surface area contributed by atoms with Crippen LogP contribution in [0.5, 0.6) is 0 Å². The molecule has 0 heterocycles. The Kier molecular flexibility index (Phi) is 4.51.